The van der Waals surface area contributed by atoms with Crippen molar-refractivity contribution in [2.24, 2.45) is 4.99 Å². The van der Waals surface area contributed by atoms with Gasteiger partial charge in [-0.05, 0) is 39.8 Å². The summed E-state index contributed by atoms with van der Waals surface area (Å²) in [7, 11) is 0. The number of furan rings is 1. The first-order chi connectivity index (χ1) is 13.5. The van der Waals surface area contributed by atoms with Gasteiger partial charge in [0.1, 0.15) is 24.5 Å². The van der Waals surface area contributed by atoms with Crippen LogP contribution in [0.4, 0.5) is 0 Å². The molecule has 0 aliphatic carbocycles. The van der Waals surface area contributed by atoms with Crippen LogP contribution in [0.1, 0.15) is 46.2 Å². The van der Waals surface area contributed by atoms with Crippen LogP contribution in [-0.2, 0) is 19.5 Å². The lowest BCUT2D eigenvalue weighted by molar-refractivity contribution is 0.178. The highest BCUT2D eigenvalue weighted by Gasteiger charge is 2.12. The van der Waals surface area contributed by atoms with Gasteiger partial charge in [-0.2, -0.15) is 0 Å². The lowest BCUT2D eigenvalue weighted by atomic mass is 10.2. The van der Waals surface area contributed by atoms with Gasteiger partial charge in [0.05, 0.1) is 6.26 Å². The molecule has 2 rings (SSSR count). The lowest BCUT2D eigenvalue weighted by Gasteiger charge is -2.30. The topological polar surface area (TPSA) is 83.5 Å². The number of rotatable bonds is 11. The summed E-state index contributed by atoms with van der Waals surface area (Å²) in [5, 5.41) is 15.0. The molecule has 156 valence electrons. The van der Waals surface area contributed by atoms with Crippen molar-refractivity contribution in [3.63, 3.8) is 0 Å². The van der Waals surface area contributed by atoms with Gasteiger partial charge in [0.2, 0.25) is 0 Å². The van der Waals surface area contributed by atoms with Crippen LogP contribution in [0.2, 0.25) is 0 Å². The van der Waals surface area contributed by atoms with E-state index in [0.29, 0.717) is 18.6 Å². The highest BCUT2D eigenvalue weighted by Crippen LogP contribution is 2.04. The van der Waals surface area contributed by atoms with E-state index in [4.69, 9.17) is 4.42 Å². The van der Waals surface area contributed by atoms with Crippen molar-refractivity contribution in [2.75, 3.05) is 19.6 Å². The average Bonchev–Trinajstić information content (AvgIpc) is 3.33. The van der Waals surface area contributed by atoms with Gasteiger partial charge in [-0.1, -0.05) is 6.92 Å². The third-order valence-corrected chi connectivity index (χ3v) is 4.62. The average molecular weight is 390 g/mol. The molecule has 28 heavy (non-hydrogen) atoms. The standard InChI is InChI=1S/C20H35N7O/c1-6-19-25-24-15-26(19)11-9-21-20(23-14-18-8-7-13-28-18)22-10-12-27(16(2)3)17(4)5/h7-8,13,15-17H,6,9-12,14H2,1-5H3,(H2,21,22,23). The molecule has 0 aromatic carbocycles. The molecule has 2 heterocycles. The Morgan fingerprint density at radius 3 is 2.61 bits per heavy atom. The third kappa shape index (κ3) is 6.99. The second kappa shape index (κ2) is 11.5. The fourth-order valence-corrected chi connectivity index (χ4v) is 3.18. The molecular formula is C20H35N7O. The number of aromatic nitrogens is 3. The number of nitrogens with zero attached hydrogens (tertiary/aromatic N) is 5. The zero-order valence-electron chi connectivity index (χ0n) is 17.9. The number of hydrogen-bond acceptors (Lipinski definition) is 5. The zero-order valence-corrected chi connectivity index (χ0v) is 17.9. The largest absolute Gasteiger partial charge is 0.467 e. The maximum atomic E-state index is 5.39. The van der Waals surface area contributed by atoms with Crippen molar-refractivity contribution in [1.82, 2.24) is 30.3 Å². The van der Waals surface area contributed by atoms with E-state index in [1.54, 1.807) is 12.6 Å². The Morgan fingerprint density at radius 2 is 1.96 bits per heavy atom. The van der Waals surface area contributed by atoms with E-state index in [0.717, 1.165) is 50.1 Å². The Bertz CT molecular complexity index is 683. The SMILES string of the molecule is CCc1nncn1CCNC(=NCc1ccco1)NCCN(C(C)C)C(C)C. The first-order valence-electron chi connectivity index (χ1n) is 10.2. The van der Waals surface area contributed by atoms with Crippen LogP contribution in [0.15, 0.2) is 34.1 Å². The molecule has 0 unspecified atom stereocenters. The van der Waals surface area contributed by atoms with Crippen molar-refractivity contribution in [3.8, 4) is 0 Å². The number of aliphatic imine (C=N–C) groups is 1. The fourth-order valence-electron chi connectivity index (χ4n) is 3.18. The first-order valence-corrected chi connectivity index (χ1v) is 10.2. The van der Waals surface area contributed by atoms with Crippen LogP contribution in [0.5, 0.6) is 0 Å². The molecule has 8 heteroatoms. The highest BCUT2D eigenvalue weighted by molar-refractivity contribution is 5.79. The van der Waals surface area contributed by atoms with E-state index in [2.05, 4.69) is 69.9 Å². The van der Waals surface area contributed by atoms with Gasteiger partial charge in [0.15, 0.2) is 5.96 Å². The van der Waals surface area contributed by atoms with Gasteiger partial charge in [-0.3, -0.25) is 4.90 Å². The number of nitrogens with one attached hydrogen (secondary N) is 2. The van der Waals surface area contributed by atoms with Gasteiger partial charge in [0, 0.05) is 44.7 Å². The fraction of sp³-hybridized carbons (Fsp3) is 0.650. The smallest absolute Gasteiger partial charge is 0.191 e. The van der Waals surface area contributed by atoms with Crippen LogP contribution in [-0.4, -0.2) is 57.3 Å². The van der Waals surface area contributed by atoms with E-state index >= 15 is 0 Å². The van der Waals surface area contributed by atoms with E-state index < -0.39 is 0 Å². The molecule has 0 atom stereocenters. The second-order valence-electron chi connectivity index (χ2n) is 7.32. The molecule has 0 radical (unpaired) electrons. The molecule has 2 aromatic heterocycles. The molecule has 0 amide bonds. The Labute approximate surface area is 168 Å². The van der Waals surface area contributed by atoms with E-state index in [1.807, 2.05) is 12.1 Å². The molecule has 2 aromatic rings. The third-order valence-electron chi connectivity index (χ3n) is 4.62. The minimum absolute atomic E-state index is 0.507. The van der Waals surface area contributed by atoms with Crippen molar-refractivity contribution in [1.29, 1.82) is 0 Å². The van der Waals surface area contributed by atoms with Gasteiger partial charge in [-0.25, -0.2) is 4.99 Å². The molecule has 0 aliphatic heterocycles. The Balaban J connectivity index is 1.89. The van der Waals surface area contributed by atoms with E-state index in [9.17, 15) is 0 Å². The predicted molar refractivity (Wildman–Crippen MR) is 112 cm³/mol. The molecule has 0 saturated carbocycles. The van der Waals surface area contributed by atoms with Crippen LogP contribution in [0.25, 0.3) is 0 Å². The summed E-state index contributed by atoms with van der Waals surface area (Å²) >= 11 is 0. The Hall–Kier alpha value is -2.35. The maximum absolute atomic E-state index is 5.39. The van der Waals surface area contributed by atoms with Crippen molar-refractivity contribution < 1.29 is 4.42 Å². The summed E-state index contributed by atoms with van der Waals surface area (Å²) in [5.74, 6) is 2.63. The van der Waals surface area contributed by atoms with Crippen molar-refractivity contribution in [2.45, 2.75) is 66.2 Å². The Kier molecular flexibility index (Phi) is 9.00. The quantitative estimate of drug-likeness (QED) is 0.453. The first kappa shape index (κ1) is 21.9. The van der Waals surface area contributed by atoms with E-state index in [-0.39, 0.29) is 0 Å². The van der Waals surface area contributed by atoms with Gasteiger partial charge in [-0.15, -0.1) is 10.2 Å². The van der Waals surface area contributed by atoms with Gasteiger partial charge in [0.25, 0.3) is 0 Å². The van der Waals surface area contributed by atoms with Gasteiger partial charge >= 0.3 is 0 Å². The number of guanidine groups is 1. The van der Waals surface area contributed by atoms with Crippen molar-refractivity contribution >= 4 is 5.96 Å². The minimum Gasteiger partial charge on any atom is -0.467 e. The number of hydrogen-bond donors (Lipinski definition) is 2. The van der Waals surface area contributed by atoms with Gasteiger partial charge < -0.3 is 19.6 Å². The lowest BCUT2D eigenvalue weighted by Crippen LogP contribution is -2.45. The van der Waals surface area contributed by atoms with Crippen LogP contribution >= 0.6 is 0 Å². The van der Waals surface area contributed by atoms with Crippen LogP contribution in [0, 0.1) is 0 Å². The molecule has 0 spiro atoms. The Morgan fingerprint density at radius 1 is 1.21 bits per heavy atom. The number of aryl methyl sites for hydroxylation is 1. The normalized spacial score (nSPS) is 12.4. The minimum atomic E-state index is 0.507. The summed E-state index contributed by atoms with van der Waals surface area (Å²) in [6, 6.07) is 4.84. The molecule has 0 aliphatic rings. The summed E-state index contributed by atoms with van der Waals surface area (Å²) < 4.78 is 7.46. The monoisotopic (exact) mass is 389 g/mol. The molecule has 2 N–H and O–H groups in total. The van der Waals surface area contributed by atoms with Crippen molar-refractivity contribution in [3.05, 3.63) is 36.3 Å². The molecule has 8 nitrogen and oxygen atoms in total. The summed E-state index contributed by atoms with van der Waals surface area (Å²) in [5.41, 5.74) is 0. The maximum Gasteiger partial charge on any atom is 0.191 e. The molecule has 0 fully saturated rings. The van der Waals surface area contributed by atoms with Crippen LogP contribution < -0.4 is 10.6 Å². The summed E-state index contributed by atoms with van der Waals surface area (Å²) in [6.07, 6.45) is 4.32. The molecular weight excluding hydrogens is 354 g/mol. The highest BCUT2D eigenvalue weighted by atomic mass is 16.3. The molecule has 0 bridgehead atoms. The predicted octanol–water partition coefficient (Wildman–Crippen LogP) is 2.29. The summed E-state index contributed by atoms with van der Waals surface area (Å²) in [4.78, 5) is 7.12. The second-order valence-corrected chi connectivity index (χ2v) is 7.32. The molecule has 0 saturated heterocycles. The van der Waals surface area contributed by atoms with E-state index in [1.165, 1.54) is 0 Å². The van der Waals surface area contributed by atoms with Crippen LogP contribution in [0.3, 0.4) is 0 Å². The zero-order chi connectivity index (χ0) is 20.4. The summed E-state index contributed by atoms with van der Waals surface area (Å²) in [6.45, 7) is 14.8.